The van der Waals surface area contributed by atoms with Crippen molar-refractivity contribution in [2.75, 3.05) is 0 Å². The number of carboxylic acid groups (broad SMARTS) is 1. The van der Waals surface area contributed by atoms with Crippen LogP contribution < -0.4 is 5.32 Å². The number of hydrogen-bond acceptors (Lipinski definition) is 3. The summed E-state index contributed by atoms with van der Waals surface area (Å²) in [6.07, 6.45) is 3.97. The lowest BCUT2D eigenvalue weighted by Crippen LogP contribution is -2.56. The second kappa shape index (κ2) is 8.11. The van der Waals surface area contributed by atoms with E-state index in [4.69, 9.17) is 4.74 Å². The number of amides is 1. The molecule has 5 heteroatoms. The highest BCUT2D eigenvalue weighted by atomic mass is 16.5. The number of benzene rings is 1. The number of carboxylic acids is 1. The molecule has 23 heavy (non-hydrogen) atoms. The summed E-state index contributed by atoms with van der Waals surface area (Å²) in [4.78, 5) is 24.1. The van der Waals surface area contributed by atoms with Gasteiger partial charge in [0.05, 0.1) is 6.61 Å². The van der Waals surface area contributed by atoms with E-state index in [-0.39, 0.29) is 5.91 Å². The van der Waals surface area contributed by atoms with Gasteiger partial charge in [0.2, 0.25) is 5.91 Å². The largest absolute Gasteiger partial charge is 0.480 e. The van der Waals surface area contributed by atoms with Gasteiger partial charge >= 0.3 is 5.97 Å². The van der Waals surface area contributed by atoms with E-state index in [9.17, 15) is 14.7 Å². The molecule has 1 aliphatic carbocycles. The van der Waals surface area contributed by atoms with Crippen LogP contribution in [0.15, 0.2) is 30.3 Å². The van der Waals surface area contributed by atoms with Gasteiger partial charge in [-0.05, 0) is 25.3 Å². The maximum absolute atomic E-state index is 12.4. The summed E-state index contributed by atoms with van der Waals surface area (Å²) in [5.74, 6) is -1.30. The fourth-order valence-corrected chi connectivity index (χ4v) is 2.93. The number of aliphatic carboxylic acids is 1. The van der Waals surface area contributed by atoms with Gasteiger partial charge in [-0.2, -0.15) is 0 Å². The Morgan fingerprint density at radius 3 is 2.35 bits per heavy atom. The number of hydrogen-bond donors (Lipinski definition) is 2. The molecule has 0 aromatic heterocycles. The lowest BCUT2D eigenvalue weighted by molar-refractivity contribution is -0.150. The van der Waals surface area contributed by atoms with Gasteiger partial charge < -0.3 is 15.2 Å². The van der Waals surface area contributed by atoms with Crippen molar-refractivity contribution >= 4 is 11.9 Å². The first-order valence-electron chi connectivity index (χ1n) is 8.24. The van der Waals surface area contributed by atoms with Crippen molar-refractivity contribution in [1.82, 2.24) is 5.32 Å². The Hall–Kier alpha value is -1.88. The van der Waals surface area contributed by atoms with E-state index in [2.05, 4.69) is 5.32 Å². The minimum absolute atomic E-state index is 0.329. The molecule has 2 N–H and O–H groups in total. The molecule has 0 aliphatic heterocycles. The second-order valence-electron chi connectivity index (χ2n) is 6.23. The molecule has 1 saturated carbocycles. The fourth-order valence-electron chi connectivity index (χ4n) is 2.93. The van der Waals surface area contributed by atoms with Gasteiger partial charge in [-0.3, -0.25) is 4.79 Å². The highest BCUT2D eigenvalue weighted by Gasteiger charge is 2.40. The predicted octanol–water partition coefficient (Wildman–Crippen LogP) is 2.89. The molecule has 1 fully saturated rings. The maximum Gasteiger partial charge on any atom is 0.329 e. The molecule has 1 amide bonds. The number of ether oxygens (including phenoxy) is 1. The van der Waals surface area contributed by atoms with Crippen LogP contribution in [0, 0.1) is 0 Å². The summed E-state index contributed by atoms with van der Waals surface area (Å²) in [6, 6.07) is 9.59. The average Bonchev–Trinajstić information content (AvgIpc) is 2.80. The quantitative estimate of drug-likeness (QED) is 0.791. The molecule has 2 rings (SSSR count). The molecule has 0 bridgehead atoms. The Balaban J connectivity index is 1.93. The molecule has 1 atom stereocenters. The van der Waals surface area contributed by atoms with Crippen LogP contribution in [0.3, 0.4) is 0 Å². The SMILES string of the molecule is CC(OCc1ccccc1)C(=O)NC1(C(=O)O)CCCCCC1. The van der Waals surface area contributed by atoms with Crippen LogP contribution in [-0.4, -0.2) is 28.6 Å². The van der Waals surface area contributed by atoms with Crippen molar-refractivity contribution in [3.63, 3.8) is 0 Å². The van der Waals surface area contributed by atoms with E-state index in [1.807, 2.05) is 30.3 Å². The van der Waals surface area contributed by atoms with Crippen LogP contribution in [-0.2, 0) is 20.9 Å². The van der Waals surface area contributed by atoms with Crippen molar-refractivity contribution < 1.29 is 19.4 Å². The normalized spacial score (nSPS) is 18.7. The van der Waals surface area contributed by atoms with E-state index in [0.717, 1.165) is 31.2 Å². The number of carbonyl (C=O) groups excluding carboxylic acids is 1. The fraction of sp³-hybridized carbons (Fsp3) is 0.556. The Morgan fingerprint density at radius 2 is 1.78 bits per heavy atom. The molecular formula is C18H25NO4. The zero-order valence-electron chi connectivity index (χ0n) is 13.6. The molecule has 0 spiro atoms. The monoisotopic (exact) mass is 319 g/mol. The molecule has 1 aliphatic rings. The number of rotatable bonds is 6. The number of nitrogens with one attached hydrogen (secondary N) is 1. The Kier molecular flexibility index (Phi) is 6.16. The van der Waals surface area contributed by atoms with Gasteiger partial charge in [-0.1, -0.05) is 56.0 Å². The van der Waals surface area contributed by atoms with Crippen molar-refractivity contribution in [2.24, 2.45) is 0 Å². The highest BCUT2D eigenvalue weighted by Crippen LogP contribution is 2.27. The first kappa shape index (κ1) is 17.5. The summed E-state index contributed by atoms with van der Waals surface area (Å²) in [5, 5.41) is 12.3. The third kappa shape index (κ3) is 4.79. The van der Waals surface area contributed by atoms with E-state index in [1.54, 1.807) is 6.92 Å². The Bertz CT molecular complexity index is 521. The molecular weight excluding hydrogens is 294 g/mol. The molecule has 1 unspecified atom stereocenters. The van der Waals surface area contributed by atoms with Crippen LogP contribution in [0.1, 0.15) is 51.0 Å². The Morgan fingerprint density at radius 1 is 1.17 bits per heavy atom. The third-order valence-electron chi connectivity index (χ3n) is 4.44. The summed E-state index contributed by atoms with van der Waals surface area (Å²) >= 11 is 0. The van der Waals surface area contributed by atoms with Crippen LogP contribution >= 0.6 is 0 Å². The lowest BCUT2D eigenvalue weighted by Gasteiger charge is -2.30. The summed E-state index contributed by atoms with van der Waals surface area (Å²) in [6.45, 7) is 1.99. The van der Waals surface area contributed by atoms with Gasteiger partial charge in [0.1, 0.15) is 11.6 Å². The molecule has 0 heterocycles. The zero-order chi connectivity index (χ0) is 16.7. The lowest BCUT2D eigenvalue weighted by atomic mass is 9.90. The van der Waals surface area contributed by atoms with Crippen LogP contribution in [0.4, 0.5) is 0 Å². The topological polar surface area (TPSA) is 75.6 Å². The van der Waals surface area contributed by atoms with Crippen molar-refractivity contribution in [1.29, 1.82) is 0 Å². The Labute approximate surface area is 137 Å². The second-order valence-corrected chi connectivity index (χ2v) is 6.23. The summed E-state index contributed by atoms with van der Waals surface area (Å²) in [7, 11) is 0. The van der Waals surface area contributed by atoms with E-state index in [1.165, 1.54) is 0 Å². The third-order valence-corrected chi connectivity index (χ3v) is 4.44. The molecule has 5 nitrogen and oxygen atoms in total. The van der Waals surface area contributed by atoms with Gasteiger partial charge in [-0.15, -0.1) is 0 Å². The summed E-state index contributed by atoms with van der Waals surface area (Å²) in [5.41, 5.74) is -0.160. The number of carbonyl (C=O) groups is 2. The average molecular weight is 319 g/mol. The highest BCUT2D eigenvalue weighted by molar-refractivity contribution is 5.89. The first-order valence-corrected chi connectivity index (χ1v) is 8.24. The zero-order valence-corrected chi connectivity index (χ0v) is 13.6. The van der Waals surface area contributed by atoms with Gasteiger partial charge in [-0.25, -0.2) is 4.79 Å². The molecule has 0 saturated heterocycles. The van der Waals surface area contributed by atoms with Crippen LogP contribution in [0.2, 0.25) is 0 Å². The van der Waals surface area contributed by atoms with Crippen LogP contribution in [0.5, 0.6) is 0 Å². The standard InChI is InChI=1S/C18H25NO4/c1-14(23-13-15-9-5-4-6-10-15)16(20)19-18(17(21)22)11-7-2-3-8-12-18/h4-6,9-10,14H,2-3,7-8,11-13H2,1H3,(H,19,20)(H,21,22). The van der Waals surface area contributed by atoms with Crippen molar-refractivity contribution in [2.45, 2.75) is 63.7 Å². The predicted molar refractivity (Wildman–Crippen MR) is 86.9 cm³/mol. The van der Waals surface area contributed by atoms with E-state index < -0.39 is 17.6 Å². The summed E-state index contributed by atoms with van der Waals surface area (Å²) < 4.78 is 5.58. The van der Waals surface area contributed by atoms with Crippen molar-refractivity contribution in [3.05, 3.63) is 35.9 Å². The van der Waals surface area contributed by atoms with Crippen LogP contribution in [0.25, 0.3) is 0 Å². The molecule has 0 radical (unpaired) electrons. The maximum atomic E-state index is 12.4. The molecule has 1 aromatic carbocycles. The smallest absolute Gasteiger partial charge is 0.329 e. The van der Waals surface area contributed by atoms with Crippen molar-refractivity contribution in [3.8, 4) is 0 Å². The van der Waals surface area contributed by atoms with Gasteiger partial charge in [0, 0.05) is 0 Å². The van der Waals surface area contributed by atoms with E-state index >= 15 is 0 Å². The first-order chi connectivity index (χ1) is 11.0. The minimum atomic E-state index is -1.14. The minimum Gasteiger partial charge on any atom is -0.480 e. The van der Waals surface area contributed by atoms with E-state index in [0.29, 0.717) is 19.4 Å². The molecule has 1 aromatic rings. The molecule has 126 valence electrons. The van der Waals surface area contributed by atoms with Gasteiger partial charge in [0.25, 0.3) is 0 Å². The van der Waals surface area contributed by atoms with Gasteiger partial charge in [0.15, 0.2) is 0 Å².